The molecule has 21 heavy (non-hydrogen) atoms. The van der Waals surface area contributed by atoms with Crippen molar-refractivity contribution in [2.24, 2.45) is 0 Å². The van der Waals surface area contributed by atoms with Gasteiger partial charge in [-0.2, -0.15) is 5.10 Å². The van der Waals surface area contributed by atoms with E-state index in [0.717, 1.165) is 34.5 Å². The van der Waals surface area contributed by atoms with Crippen LogP contribution in [0.25, 0.3) is 16.6 Å². The third-order valence-electron chi connectivity index (χ3n) is 3.75. The number of para-hydroxylation sites is 1. The van der Waals surface area contributed by atoms with Crippen LogP contribution in [-0.2, 0) is 6.54 Å². The van der Waals surface area contributed by atoms with Crippen molar-refractivity contribution in [3.63, 3.8) is 0 Å². The zero-order valence-electron chi connectivity index (χ0n) is 11.7. The number of hydrogen-bond donors (Lipinski definition) is 2. The standard InChI is InChI=1S/C16H15N5/c1-11-14(21-8-3-2-7-15(21)19-11)10-17-13-6-4-5-12-9-18-20-16(12)13/h2-9,17H,10H2,1H3,(H,18,20). The van der Waals surface area contributed by atoms with Gasteiger partial charge in [-0.15, -0.1) is 0 Å². The summed E-state index contributed by atoms with van der Waals surface area (Å²) in [5.41, 5.74) is 5.28. The summed E-state index contributed by atoms with van der Waals surface area (Å²) in [4.78, 5) is 4.58. The summed E-state index contributed by atoms with van der Waals surface area (Å²) in [7, 11) is 0. The second kappa shape index (κ2) is 4.63. The molecule has 0 radical (unpaired) electrons. The van der Waals surface area contributed by atoms with E-state index in [4.69, 9.17) is 0 Å². The van der Waals surface area contributed by atoms with Crippen molar-refractivity contribution in [3.05, 3.63) is 60.2 Å². The Balaban J connectivity index is 1.70. The maximum absolute atomic E-state index is 4.58. The fourth-order valence-corrected chi connectivity index (χ4v) is 2.67. The summed E-state index contributed by atoms with van der Waals surface area (Å²) >= 11 is 0. The minimum atomic E-state index is 0.717. The number of imidazole rings is 1. The van der Waals surface area contributed by atoms with Gasteiger partial charge in [0.2, 0.25) is 0 Å². The molecule has 0 aliphatic heterocycles. The highest BCUT2D eigenvalue weighted by Crippen LogP contribution is 2.21. The predicted octanol–water partition coefficient (Wildman–Crippen LogP) is 3.13. The Hall–Kier alpha value is -2.82. The molecule has 104 valence electrons. The van der Waals surface area contributed by atoms with Crippen LogP contribution in [-0.4, -0.2) is 19.6 Å². The van der Waals surface area contributed by atoms with Gasteiger partial charge in [-0.05, 0) is 25.1 Å². The Morgan fingerprint density at radius 2 is 2.14 bits per heavy atom. The fraction of sp³-hybridized carbons (Fsp3) is 0.125. The minimum Gasteiger partial charge on any atom is -0.378 e. The zero-order valence-corrected chi connectivity index (χ0v) is 11.7. The fourth-order valence-electron chi connectivity index (χ4n) is 2.67. The van der Waals surface area contributed by atoms with E-state index >= 15 is 0 Å². The van der Waals surface area contributed by atoms with Gasteiger partial charge in [0.25, 0.3) is 0 Å². The molecule has 5 nitrogen and oxygen atoms in total. The average Bonchev–Trinajstić information content (AvgIpc) is 3.09. The van der Waals surface area contributed by atoms with Crippen molar-refractivity contribution in [3.8, 4) is 0 Å². The van der Waals surface area contributed by atoms with E-state index in [1.807, 2.05) is 49.6 Å². The zero-order chi connectivity index (χ0) is 14.2. The quantitative estimate of drug-likeness (QED) is 0.605. The van der Waals surface area contributed by atoms with Crippen molar-refractivity contribution in [1.29, 1.82) is 0 Å². The van der Waals surface area contributed by atoms with Gasteiger partial charge in [-0.1, -0.05) is 18.2 Å². The molecule has 0 spiro atoms. The van der Waals surface area contributed by atoms with Gasteiger partial charge in [0.15, 0.2) is 0 Å². The second-order valence-corrected chi connectivity index (χ2v) is 5.07. The number of aromatic amines is 1. The Labute approximate surface area is 121 Å². The number of fused-ring (bicyclic) bond motifs is 2. The van der Waals surface area contributed by atoms with E-state index in [2.05, 4.69) is 31.0 Å². The van der Waals surface area contributed by atoms with Crippen LogP contribution in [0.4, 0.5) is 5.69 Å². The first-order valence-electron chi connectivity index (χ1n) is 6.91. The van der Waals surface area contributed by atoms with Crippen LogP contribution in [0.5, 0.6) is 0 Å². The lowest BCUT2D eigenvalue weighted by Gasteiger charge is -2.08. The van der Waals surface area contributed by atoms with Crippen LogP contribution in [0.15, 0.2) is 48.8 Å². The second-order valence-electron chi connectivity index (χ2n) is 5.07. The maximum atomic E-state index is 4.58. The van der Waals surface area contributed by atoms with Crippen molar-refractivity contribution in [2.45, 2.75) is 13.5 Å². The summed E-state index contributed by atoms with van der Waals surface area (Å²) in [5, 5.41) is 11.7. The Kier molecular flexibility index (Phi) is 2.64. The number of benzene rings is 1. The number of aryl methyl sites for hydroxylation is 1. The largest absolute Gasteiger partial charge is 0.378 e. The lowest BCUT2D eigenvalue weighted by atomic mass is 10.2. The van der Waals surface area contributed by atoms with Crippen molar-refractivity contribution >= 4 is 22.2 Å². The molecule has 4 aromatic rings. The first-order valence-corrected chi connectivity index (χ1v) is 6.91. The predicted molar refractivity (Wildman–Crippen MR) is 83.3 cm³/mol. The first-order chi connectivity index (χ1) is 10.3. The highest BCUT2D eigenvalue weighted by atomic mass is 15.1. The summed E-state index contributed by atoms with van der Waals surface area (Å²) in [6.07, 6.45) is 3.88. The van der Waals surface area contributed by atoms with Crippen LogP contribution in [0.2, 0.25) is 0 Å². The smallest absolute Gasteiger partial charge is 0.137 e. The Morgan fingerprint density at radius 3 is 3.10 bits per heavy atom. The van der Waals surface area contributed by atoms with E-state index < -0.39 is 0 Å². The van der Waals surface area contributed by atoms with Crippen molar-refractivity contribution in [1.82, 2.24) is 19.6 Å². The Morgan fingerprint density at radius 1 is 1.19 bits per heavy atom. The lowest BCUT2D eigenvalue weighted by Crippen LogP contribution is -2.04. The molecular formula is C16H15N5. The molecule has 0 aliphatic rings. The molecule has 2 N–H and O–H groups in total. The molecule has 0 atom stereocenters. The molecule has 3 heterocycles. The molecule has 0 saturated carbocycles. The Bertz CT molecular complexity index is 919. The van der Waals surface area contributed by atoms with E-state index in [1.54, 1.807) is 0 Å². The molecule has 0 amide bonds. The van der Waals surface area contributed by atoms with E-state index in [0.29, 0.717) is 0 Å². The van der Waals surface area contributed by atoms with Crippen LogP contribution in [0.1, 0.15) is 11.4 Å². The number of nitrogens with one attached hydrogen (secondary N) is 2. The van der Waals surface area contributed by atoms with Gasteiger partial charge in [0.05, 0.1) is 35.3 Å². The minimum absolute atomic E-state index is 0.717. The molecule has 0 bridgehead atoms. The molecule has 3 aromatic heterocycles. The summed E-state index contributed by atoms with van der Waals surface area (Å²) in [6.45, 7) is 2.76. The molecule has 0 aliphatic carbocycles. The summed E-state index contributed by atoms with van der Waals surface area (Å²) in [5.74, 6) is 0. The third kappa shape index (κ3) is 1.94. The van der Waals surface area contributed by atoms with Gasteiger partial charge in [-0.25, -0.2) is 4.98 Å². The molecule has 5 heteroatoms. The van der Waals surface area contributed by atoms with Crippen LogP contribution >= 0.6 is 0 Å². The first kappa shape index (κ1) is 12.0. The number of H-pyrrole nitrogens is 1. The van der Waals surface area contributed by atoms with Crippen LogP contribution < -0.4 is 5.32 Å². The monoisotopic (exact) mass is 277 g/mol. The topological polar surface area (TPSA) is 58.0 Å². The van der Waals surface area contributed by atoms with Gasteiger partial charge in [0, 0.05) is 11.6 Å². The molecular weight excluding hydrogens is 262 g/mol. The normalized spacial score (nSPS) is 11.3. The third-order valence-corrected chi connectivity index (χ3v) is 3.75. The van der Waals surface area contributed by atoms with Gasteiger partial charge >= 0.3 is 0 Å². The maximum Gasteiger partial charge on any atom is 0.137 e. The van der Waals surface area contributed by atoms with Gasteiger partial charge in [0.1, 0.15) is 5.65 Å². The number of aromatic nitrogens is 4. The van der Waals surface area contributed by atoms with Gasteiger partial charge in [-0.3, -0.25) is 5.10 Å². The van der Waals surface area contributed by atoms with Crippen molar-refractivity contribution < 1.29 is 0 Å². The SMILES string of the molecule is Cc1nc2ccccn2c1CNc1cccc2cn[nH]c12. The summed E-state index contributed by atoms with van der Waals surface area (Å²) < 4.78 is 2.12. The van der Waals surface area contributed by atoms with Crippen LogP contribution in [0.3, 0.4) is 0 Å². The lowest BCUT2D eigenvalue weighted by molar-refractivity contribution is 0.987. The van der Waals surface area contributed by atoms with Crippen molar-refractivity contribution in [2.75, 3.05) is 5.32 Å². The molecule has 0 saturated heterocycles. The molecule has 1 aromatic carbocycles. The number of pyridine rings is 1. The number of hydrogen-bond acceptors (Lipinski definition) is 3. The van der Waals surface area contributed by atoms with E-state index in [-0.39, 0.29) is 0 Å². The van der Waals surface area contributed by atoms with Gasteiger partial charge < -0.3 is 9.72 Å². The molecule has 0 unspecified atom stereocenters. The molecule has 4 rings (SSSR count). The van der Waals surface area contributed by atoms with Crippen LogP contribution in [0, 0.1) is 6.92 Å². The van der Waals surface area contributed by atoms with E-state index in [1.165, 1.54) is 5.69 Å². The molecule has 0 fully saturated rings. The average molecular weight is 277 g/mol. The number of anilines is 1. The highest BCUT2D eigenvalue weighted by Gasteiger charge is 2.09. The van der Waals surface area contributed by atoms with E-state index in [9.17, 15) is 0 Å². The highest BCUT2D eigenvalue weighted by molar-refractivity contribution is 5.89. The number of rotatable bonds is 3. The summed E-state index contributed by atoms with van der Waals surface area (Å²) in [6, 6.07) is 12.2. The number of nitrogens with zero attached hydrogens (tertiary/aromatic N) is 3.